The van der Waals surface area contributed by atoms with Gasteiger partial charge in [-0.2, -0.15) is 0 Å². The molecule has 1 aromatic heterocycles. The number of nitrogens with zero attached hydrogens (tertiary/aromatic N) is 1. The molecule has 1 atom stereocenters. The molecular formula is C18H18BrN3O3S. The van der Waals surface area contributed by atoms with Gasteiger partial charge in [-0.05, 0) is 52.4 Å². The molecule has 26 heavy (non-hydrogen) atoms. The lowest BCUT2D eigenvalue weighted by molar-refractivity contribution is -0.127. The molecular weight excluding hydrogens is 418 g/mol. The first-order valence-electron chi connectivity index (χ1n) is 8.23. The predicted molar refractivity (Wildman–Crippen MR) is 104 cm³/mol. The maximum absolute atomic E-state index is 12.5. The molecule has 3 amide bonds. The molecule has 3 rings (SSSR count). The Labute approximate surface area is 163 Å². The van der Waals surface area contributed by atoms with Crippen LogP contribution in [0.1, 0.15) is 22.5 Å². The van der Waals surface area contributed by atoms with Crippen LogP contribution in [-0.2, 0) is 9.59 Å². The number of likely N-dealkylation sites (tertiary alicyclic amines) is 1. The van der Waals surface area contributed by atoms with Gasteiger partial charge >= 0.3 is 0 Å². The van der Waals surface area contributed by atoms with Crippen molar-refractivity contribution in [2.75, 3.05) is 18.4 Å². The molecule has 0 bridgehead atoms. The quantitative estimate of drug-likeness (QED) is 0.757. The molecule has 0 saturated carbocycles. The van der Waals surface area contributed by atoms with Crippen LogP contribution in [0, 0.1) is 0 Å². The standard InChI is InChI=1S/C18H18BrN3O3S/c19-12-5-1-2-6-13(12)21-16(23)11-20-17(24)14-7-3-9-22(14)18(25)15-8-4-10-26-15/h1-2,4-6,8,10,14H,3,7,9,11H2,(H,20,24)(H,21,23)/t14-/m0/s1. The van der Waals surface area contributed by atoms with Crippen molar-refractivity contribution < 1.29 is 14.4 Å². The smallest absolute Gasteiger partial charge is 0.264 e. The molecule has 1 aromatic carbocycles. The molecule has 2 heterocycles. The summed E-state index contributed by atoms with van der Waals surface area (Å²) in [6, 6.07) is 10.3. The Bertz CT molecular complexity index is 810. The fourth-order valence-electron chi connectivity index (χ4n) is 2.87. The van der Waals surface area contributed by atoms with E-state index in [9.17, 15) is 14.4 Å². The summed E-state index contributed by atoms with van der Waals surface area (Å²) >= 11 is 4.72. The summed E-state index contributed by atoms with van der Waals surface area (Å²) in [5.74, 6) is -0.746. The number of benzene rings is 1. The second-order valence-corrected chi connectivity index (χ2v) is 7.68. The van der Waals surface area contributed by atoms with E-state index in [0.717, 1.165) is 10.9 Å². The molecule has 0 spiro atoms. The topological polar surface area (TPSA) is 78.5 Å². The fourth-order valence-corrected chi connectivity index (χ4v) is 3.93. The van der Waals surface area contributed by atoms with E-state index in [1.54, 1.807) is 17.0 Å². The minimum atomic E-state index is -0.527. The third-order valence-corrected chi connectivity index (χ3v) is 5.67. The molecule has 1 aliphatic rings. The van der Waals surface area contributed by atoms with Gasteiger partial charge in [0.2, 0.25) is 11.8 Å². The largest absolute Gasteiger partial charge is 0.345 e. The highest BCUT2D eigenvalue weighted by atomic mass is 79.9. The second-order valence-electron chi connectivity index (χ2n) is 5.88. The molecule has 0 radical (unpaired) electrons. The highest BCUT2D eigenvalue weighted by Gasteiger charge is 2.34. The summed E-state index contributed by atoms with van der Waals surface area (Å²) in [4.78, 5) is 39.2. The number of hydrogen-bond acceptors (Lipinski definition) is 4. The Morgan fingerprint density at radius 2 is 2.00 bits per heavy atom. The van der Waals surface area contributed by atoms with Crippen molar-refractivity contribution in [3.05, 3.63) is 51.1 Å². The van der Waals surface area contributed by atoms with Gasteiger partial charge < -0.3 is 15.5 Å². The van der Waals surface area contributed by atoms with E-state index in [-0.39, 0.29) is 24.3 Å². The van der Waals surface area contributed by atoms with Gasteiger partial charge in [0.1, 0.15) is 6.04 Å². The molecule has 136 valence electrons. The predicted octanol–water partition coefficient (Wildman–Crippen LogP) is 2.87. The number of hydrogen-bond donors (Lipinski definition) is 2. The van der Waals surface area contributed by atoms with Gasteiger partial charge in [-0.25, -0.2) is 0 Å². The molecule has 1 saturated heterocycles. The van der Waals surface area contributed by atoms with Crippen LogP contribution >= 0.6 is 27.3 Å². The molecule has 6 nitrogen and oxygen atoms in total. The van der Waals surface area contributed by atoms with Gasteiger partial charge in [-0.15, -0.1) is 11.3 Å². The zero-order valence-corrected chi connectivity index (χ0v) is 16.3. The van der Waals surface area contributed by atoms with E-state index in [1.165, 1.54) is 11.3 Å². The Hall–Kier alpha value is -2.19. The van der Waals surface area contributed by atoms with Crippen LogP contribution in [0.5, 0.6) is 0 Å². The van der Waals surface area contributed by atoms with Gasteiger partial charge in [0.05, 0.1) is 17.1 Å². The van der Waals surface area contributed by atoms with Crippen LogP contribution in [0.3, 0.4) is 0 Å². The Morgan fingerprint density at radius 3 is 2.73 bits per heavy atom. The molecule has 0 aliphatic carbocycles. The third-order valence-electron chi connectivity index (χ3n) is 4.12. The minimum absolute atomic E-state index is 0.129. The number of carbonyl (C=O) groups excluding carboxylic acids is 3. The number of rotatable bonds is 5. The maximum atomic E-state index is 12.5. The van der Waals surface area contributed by atoms with Gasteiger partial charge in [-0.3, -0.25) is 14.4 Å². The average Bonchev–Trinajstić information content (AvgIpc) is 3.33. The molecule has 1 fully saturated rings. The number of halogens is 1. The van der Waals surface area contributed by atoms with Crippen LogP contribution in [0.15, 0.2) is 46.3 Å². The van der Waals surface area contributed by atoms with Crippen LogP contribution in [0.4, 0.5) is 5.69 Å². The van der Waals surface area contributed by atoms with Gasteiger partial charge in [0, 0.05) is 11.0 Å². The first-order valence-corrected chi connectivity index (χ1v) is 9.90. The normalized spacial score (nSPS) is 16.3. The molecule has 2 aromatic rings. The van der Waals surface area contributed by atoms with Crippen molar-refractivity contribution in [1.82, 2.24) is 10.2 Å². The first kappa shape index (κ1) is 18.6. The van der Waals surface area contributed by atoms with Gasteiger partial charge in [-0.1, -0.05) is 18.2 Å². The number of thiophene rings is 1. The lowest BCUT2D eigenvalue weighted by atomic mass is 10.2. The molecule has 1 aliphatic heterocycles. The van der Waals surface area contributed by atoms with Crippen LogP contribution in [-0.4, -0.2) is 41.8 Å². The zero-order chi connectivity index (χ0) is 18.5. The fraction of sp³-hybridized carbons (Fsp3) is 0.278. The molecule has 2 N–H and O–H groups in total. The maximum Gasteiger partial charge on any atom is 0.264 e. The van der Waals surface area contributed by atoms with E-state index in [4.69, 9.17) is 0 Å². The summed E-state index contributed by atoms with van der Waals surface area (Å²) in [6.45, 7) is 0.412. The highest BCUT2D eigenvalue weighted by molar-refractivity contribution is 9.10. The van der Waals surface area contributed by atoms with Crippen molar-refractivity contribution in [3.8, 4) is 0 Å². The summed E-state index contributed by atoms with van der Waals surface area (Å²) in [5, 5.41) is 7.21. The number of amides is 3. The van der Waals surface area contributed by atoms with Crippen LogP contribution < -0.4 is 10.6 Å². The zero-order valence-electron chi connectivity index (χ0n) is 13.9. The second kappa shape index (κ2) is 8.46. The number of nitrogens with one attached hydrogen (secondary N) is 2. The van der Waals surface area contributed by atoms with Gasteiger partial charge in [0.25, 0.3) is 5.91 Å². The van der Waals surface area contributed by atoms with E-state index in [0.29, 0.717) is 23.5 Å². The van der Waals surface area contributed by atoms with E-state index >= 15 is 0 Å². The lowest BCUT2D eigenvalue weighted by Gasteiger charge is -2.23. The van der Waals surface area contributed by atoms with E-state index in [1.807, 2.05) is 29.6 Å². The molecule has 0 unspecified atom stereocenters. The Kier molecular flexibility index (Phi) is 6.05. The lowest BCUT2D eigenvalue weighted by Crippen LogP contribution is -2.47. The highest BCUT2D eigenvalue weighted by Crippen LogP contribution is 2.23. The summed E-state index contributed by atoms with van der Waals surface area (Å²) in [5.41, 5.74) is 0.641. The van der Waals surface area contributed by atoms with Crippen molar-refractivity contribution in [2.24, 2.45) is 0 Å². The first-order chi connectivity index (χ1) is 12.6. The summed E-state index contributed by atoms with van der Waals surface area (Å²) < 4.78 is 0.767. The third kappa shape index (κ3) is 4.31. The number of para-hydroxylation sites is 1. The van der Waals surface area contributed by atoms with Crippen LogP contribution in [0.25, 0.3) is 0 Å². The minimum Gasteiger partial charge on any atom is -0.345 e. The summed E-state index contributed by atoms with van der Waals surface area (Å²) in [7, 11) is 0. The van der Waals surface area contributed by atoms with Crippen molar-refractivity contribution in [2.45, 2.75) is 18.9 Å². The van der Waals surface area contributed by atoms with Crippen molar-refractivity contribution in [1.29, 1.82) is 0 Å². The van der Waals surface area contributed by atoms with E-state index < -0.39 is 6.04 Å². The Balaban J connectivity index is 1.55. The monoisotopic (exact) mass is 435 g/mol. The van der Waals surface area contributed by atoms with Crippen molar-refractivity contribution >= 4 is 50.7 Å². The van der Waals surface area contributed by atoms with Gasteiger partial charge in [0.15, 0.2) is 0 Å². The van der Waals surface area contributed by atoms with Crippen molar-refractivity contribution in [3.63, 3.8) is 0 Å². The van der Waals surface area contributed by atoms with E-state index in [2.05, 4.69) is 26.6 Å². The van der Waals surface area contributed by atoms with Crippen LogP contribution in [0.2, 0.25) is 0 Å². The SMILES string of the molecule is O=C(CNC(=O)[C@@H]1CCCN1C(=O)c1cccs1)Nc1ccccc1Br. The molecule has 8 heteroatoms. The average molecular weight is 436 g/mol. The summed E-state index contributed by atoms with van der Waals surface area (Å²) in [6.07, 6.45) is 1.38. The number of anilines is 1. The number of carbonyl (C=O) groups is 3. The Morgan fingerprint density at radius 1 is 1.19 bits per heavy atom.